The standard InChI is InChI=1S/C13H18FN3O/c14-10-4-1-5-11(12(10)13(15)18)17-8-9-3-2-6-16-7-9/h1,4-5,9,16-17H,2-3,6-8H2,(H2,15,18). The van der Waals surface area contributed by atoms with Gasteiger partial charge in [-0.3, -0.25) is 4.79 Å². The lowest BCUT2D eigenvalue weighted by Crippen LogP contribution is -2.33. The number of hydrogen-bond acceptors (Lipinski definition) is 3. The highest BCUT2D eigenvalue weighted by Crippen LogP contribution is 2.19. The highest BCUT2D eigenvalue weighted by atomic mass is 19.1. The predicted octanol–water partition coefficient (Wildman–Crippen LogP) is 1.34. The molecule has 4 nitrogen and oxygen atoms in total. The number of piperidine rings is 1. The number of halogens is 1. The topological polar surface area (TPSA) is 67.2 Å². The summed E-state index contributed by atoms with van der Waals surface area (Å²) in [6, 6.07) is 4.50. The van der Waals surface area contributed by atoms with Crippen LogP contribution in [0.4, 0.5) is 10.1 Å². The molecule has 1 saturated heterocycles. The Morgan fingerprint density at radius 3 is 3.06 bits per heavy atom. The molecule has 2 rings (SSSR count). The van der Waals surface area contributed by atoms with Crippen molar-refractivity contribution in [3.05, 3.63) is 29.6 Å². The molecule has 1 fully saturated rings. The molecule has 1 heterocycles. The van der Waals surface area contributed by atoms with Crippen LogP contribution in [0.3, 0.4) is 0 Å². The molecule has 18 heavy (non-hydrogen) atoms. The number of nitrogens with one attached hydrogen (secondary N) is 2. The lowest BCUT2D eigenvalue weighted by atomic mass is 9.99. The van der Waals surface area contributed by atoms with Crippen LogP contribution in [0.5, 0.6) is 0 Å². The fourth-order valence-electron chi connectivity index (χ4n) is 2.27. The summed E-state index contributed by atoms with van der Waals surface area (Å²) in [6.07, 6.45) is 2.29. The number of carbonyl (C=O) groups is 1. The number of benzene rings is 1. The number of primary amides is 1. The van der Waals surface area contributed by atoms with E-state index in [-0.39, 0.29) is 5.56 Å². The van der Waals surface area contributed by atoms with Crippen molar-refractivity contribution in [3.63, 3.8) is 0 Å². The third-order valence-corrected chi connectivity index (χ3v) is 3.24. The van der Waals surface area contributed by atoms with Crippen molar-refractivity contribution in [1.82, 2.24) is 5.32 Å². The predicted molar refractivity (Wildman–Crippen MR) is 69.0 cm³/mol. The van der Waals surface area contributed by atoms with E-state index in [1.165, 1.54) is 6.07 Å². The van der Waals surface area contributed by atoms with Gasteiger partial charge < -0.3 is 16.4 Å². The van der Waals surface area contributed by atoms with Crippen molar-refractivity contribution in [2.75, 3.05) is 25.0 Å². The first-order valence-corrected chi connectivity index (χ1v) is 6.21. The first-order chi connectivity index (χ1) is 8.68. The number of hydrogen-bond donors (Lipinski definition) is 3. The Bertz CT molecular complexity index is 430. The molecule has 1 amide bonds. The van der Waals surface area contributed by atoms with Crippen LogP contribution in [0.1, 0.15) is 23.2 Å². The molecule has 1 aromatic rings. The molecule has 0 bridgehead atoms. The second-order valence-electron chi connectivity index (χ2n) is 4.62. The Balaban J connectivity index is 2.04. The molecule has 1 unspecified atom stereocenters. The van der Waals surface area contributed by atoms with E-state index in [1.807, 2.05) is 0 Å². The van der Waals surface area contributed by atoms with Gasteiger partial charge in [0.2, 0.25) is 0 Å². The molecule has 0 radical (unpaired) electrons. The molecule has 1 aliphatic rings. The van der Waals surface area contributed by atoms with Gasteiger partial charge in [-0.1, -0.05) is 6.07 Å². The molecule has 0 spiro atoms. The van der Waals surface area contributed by atoms with Crippen LogP contribution in [0, 0.1) is 11.7 Å². The molecule has 1 aromatic carbocycles. The minimum atomic E-state index is -0.739. The molecule has 98 valence electrons. The number of anilines is 1. The summed E-state index contributed by atoms with van der Waals surface area (Å²) in [7, 11) is 0. The Kier molecular flexibility index (Phi) is 4.15. The van der Waals surface area contributed by atoms with E-state index < -0.39 is 11.7 Å². The van der Waals surface area contributed by atoms with Crippen LogP contribution in [0.2, 0.25) is 0 Å². The van der Waals surface area contributed by atoms with Gasteiger partial charge in [-0.15, -0.1) is 0 Å². The van der Waals surface area contributed by atoms with Gasteiger partial charge in [0.1, 0.15) is 5.82 Å². The van der Waals surface area contributed by atoms with Gasteiger partial charge in [-0.25, -0.2) is 4.39 Å². The van der Waals surface area contributed by atoms with Crippen molar-refractivity contribution in [2.45, 2.75) is 12.8 Å². The normalized spacial score (nSPS) is 19.5. The quantitative estimate of drug-likeness (QED) is 0.756. The van der Waals surface area contributed by atoms with Gasteiger partial charge in [-0.2, -0.15) is 0 Å². The zero-order valence-electron chi connectivity index (χ0n) is 10.2. The van der Waals surface area contributed by atoms with Crippen LogP contribution in [-0.2, 0) is 0 Å². The van der Waals surface area contributed by atoms with E-state index in [1.54, 1.807) is 12.1 Å². The van der Waals surface area contributed by atoms with Crippen molar-refractivity contribution in [1.29, 1.82) is 0 Å². The molecule has 1 aliphatic heterocycles. The van der Waals surface area contributed by atoms with Gasteiger partial charge in [0.15, 0.2) is 0 Å². The van der Waals surface area contributed by atoms with Crippen LogP contribution in [-0.4, -0.2) is 25.5 Å². The summed E-state index contributed by atoms with van der Waals surface area (Å²) in [4.78, 5) is 11.2. The minimum Gasteiger partial charge on any atom is -0.384 e. The molecule has 0 saturated carbocycles. The van der Waals surface area contributed by atoms with Gasteiger partial charge in [0, 0.05) is 12.2 Å². The summed E-state index contributed by atoms with van der Waals surface area (Å²) in [5.74, 6) is -0.811. The maximum absolute atomic E-state index is 13.5. The van der Waals surface area contributed by atoms with E-state index in [4.69, 9.17) is 5.73 Å². The first kappa shape index (κ1) is 12.8. The third kappa shape index (κ3) is 2.98. The van der Waals surface area contributed by atoms with E-state index in [0.717, 1.165) is 32.5 Å². The fraction of sp³-hybridized carbons (Fsp3) is 0.462. The zero-order chi connectivity index (χ0) is 13.0. The summed E-state index contributed by atoms with van der Waals surface area (Å²) >= 11 is 0. The number of amides is 1. The van der Waals surface area contributed by atoms with Gasteiger partial charge in [0.05, 0.1) is 5.56 Å². The molecule has 4 N–H and O–H groups in total. The summed E-state index contributed by atoms with van der Waals surface area (Å²) in [6.45, 7) is 2.73. The monoisotopic (exact) mass is 251 g/mol. The average molecular weight is 251 g/mol. The van der Waals surface area contributed by atoms with Crippen LogP contribution < -0.4 is 16.4 Å². The maximum Gasteiger partial charge on any atom is 0.253 e. The minimum absolute atomic E-state index is 0.0544. The van der Waals surface area contributed by atoms with Gasteiger partial charge >= 0.3 is 0 Å². The highest BCUT2D eigenvalue weighted by Gasteiger charge is 2.16. The van der Waals surface area contributed by atoms with Crippen molar-refractivity contribution in [2.24, 2.45) is 11.7 Å². The first-order valence-electron chi connectivity index (χ1n) is 6.21. The molecule has 0 aliphatic carbocycles. The summed E-state index contributed by atoms with van der Waals surface area (Å²) < 4.78 is 13.5. The second kappa shape index (κ2) is 5.82. The number of carbonyl (C=O) groups excluding carboxylic acids is 1. The molecular formula is C13H18FN3O. The average Bonchev–Trinajstić information content (AvgIpc) is 2.37. The Morgan fingerprint density at radius 1 is 1.56 bits per heavy atom. The fourth-order valence-corrected chi connectivity index (χ4v) is 2.27. The lowest BCUT2D eigenvalue weighted by molar-refractivity contribution is 0.0997. The van der Waals surface area contributed by atoms with Crippen LogP contribution in [0.15, 0.2) is 18.2 Å². The Labute approximate surface area is 106 Å². The second-order valence-corrected chi connectivity index (χ2v) is 4.62. The van der Waals surface area contributed by atoms with Crippen LogP contribution in [0.25, 0.3) is 0 Å². The van der Waals surface area contributed by atoms with Crippen molar-refractivity contribution in [3.8, 4) is 0 Å². The Hall–Kier alpha value is -1.62. The van der Waals surface area contributed by atoms with Crippen LogP contribution >= 0.6 is 0 Å². The number of nitrogens with two attached hydrogens (primary N) is 1. The van der Waals surface area contributed by atoms with Crippen molar-refractivity contribution >= 4 is 11.6 Å². The third-order valence-electron chi connectivity index (χ3n) is 3.24. The highest BCUT2D eigenvalue weighted by molar-refractivity contribution is 5.98. The lowest BCUT2D eigenvalue weighted by Gasteiger charge is -2.23. The van der Waals surface area contributed by atoms with E-state index >= 15 is 0 Å². The van der Waals surface area contributed by atoms with E-state index in [0.29, 0.717) is 11.6 Å². The number of rotatable bonds is 4. The summed E-state index contributed by atoms with van der Waals surface area (Å²) in [5.41, 5.74) is 5.62. The Morgan fingerprint density at radius 2 is 2.39 bits per heavy atom. The van der Waals surface area contributed by atoms with E-state index in [2.05, 4.69) is 10.6 Å². The SMILES string of the molecule is NC(=O)c1c(F)cccc1NCC1CCCNC1. The van der Waals surface area contributed by atoms with Gasteiger partial charge in [-0.05, 0) is 44.0 Å². The molecule has 0 aromatic heterocycles. The van der Waals surface area contributed by atoms with Gasteiger partial charge in [0.25, 0.3) is 5.91 Å². The van der Waals surface area contributed by atoms with Crippen molar-refractivity contribution < 1.29 is 9.18 Å². The van der Waals surface area contributed by atoms with E-state index in [9.17, 15) is 9.18 Å². The smallest absolute Gasteiger partial charge is 0.253 e. The zero-order valence-corrected chi connectivity index (χ0v) is 10.2. The maximum atomic E-state index is 13.5. The largest absolute Gasteiger partial charge is 0.384 e. The molecular weight excluding hydrogens is 233 g/mol. The summed E-state index contributed by atoms with van der Waals surface area (Å²) in [5, 5.41) is 6.44. The molecule has 1 atom stereocenters. The molecule has 5 heteroatoms.